The molecule has 0 amide bonds. The Morgan fingerprint density at radius 3 is 2.66 bits per heavy atom. The molecule has 152 valence electrons. The lowest BCUT2D eigenvalue weighted by molar-refractivity contribution is 0.101. The first-order chi connectivity index (χ1) is 14.0. The van der Waals surface area contributed by atoms with Crippen molar-refractivity contribution in [1.82, 2.24) is 9.55 Å². The first kappa shape index (κ1) is 21.1. The van der Waals surface area contributed by atoms with Crippen LogP contribution in [0.3, 0.4) is 0 Å². The Kier molecular flexibility index (Phi) is 6.75. The number of thioether (sulfide) groups is 1. The Bertz CT molecular complexity index is 1090. The summed E-state index contributed by atoms with van der Waals surface area (Å²) in [6.07, 6.45) is 0.831. The zero-order chi connectivity index (χ0) is 21.0. The van der Waals surface area contributed by atoms with Crippen LogP contribution in [0.15, 0.2) is 52.4 Å². The van der Waals surface area contributed by atoms with Crippen LogP contribution in [-0.2, 0) is 5.75 Å². The van der Waals surface area contributed by atoms with Gasteiger partial charge in [-0.25, -0.2) is 4.98 Å². The third kappa shape index (κ3) is 4.53. The number of benzene rings is 2. The highest BCUT2D eigenvalue weighted by atomic mass is 32.2. The van der Waals surface area contributed by atoms with Gasteiger partial charge in [-0.2, -0.15) is 0 Å². The molecule has 0 saturated heterocycles. The first-order valence-electron chi connectivity index (χ1n) is 9.87. The van der Waals surface area contributed by atoms with Crippen molar-refractivity contribution in [1.29, 1.82) is 0 Å². The van der Waals surface area contributed by atoms with E-state index in [0.717, 1.165) is 17.7 Å². The van der Waals surface area contributed by atoms with E-state index in [-0.39, 0.29) is 17.4 Å². The number of fused-ring (bicyclic) bond motifs is 1. The third-order valence-electron chi connectivity index (χ3n) is 4.93. The topological polar surface area (TPSA) is 61.2 Å². The van der Waals surface area contributed by atoms with Gasteiger partial charge in [0.1, 0.15) is 5.75 Å². The number of rotatable bonds is 8. The fourth-order valence-corrected chi connectivity index (χ4v) is 4.22. The third-order valence-corrected chi connectivity index (χ3v) is 5.93. The normalized spacial score (nSPS) is 12.1. The van der Waals surface area contributed by atoms with Crippen molar-refractivity contribution in [2.24, 2.45) is 0 Å². The number of para-hydroxylation sites is 1. The fourth-order valence-electron chi connectivity index (χ4n) is 3.15. The molecule has 0 spiro atoms. The standard InChI is InChI=1S/C23H26N2O3S/c1-5-15(3)25-22(27)19-9-7-8-10-20(19)24-23(25)29-14-18-13-17(16(4)26)11-12-21(18)28-6-2/h7-13,15H,5-6,14H2,1-4H3/t15-/m0/s1. The number of aromatic nitrogens is 2. The van der Waals surface area contributed by atoms with Gasteiger partial charge in [-0.3, -0.25) is 14.2 Å². The van der Waals surface area contributed by atoms with Crippen LogP contribution in [0, 0.1) is 0 Å². The van der Waals surface area contributed by atoms with E-state index in [1.807, 2.05) is 50.2 Å². The van der Waals surface area contributed by atoms with Gasteiger partial charge >= 0.3 is 0 Å². The molecule has 1 heterocycles. The minimum Gasteiger partial charge on any atom is -0.494 e. The van der Waals surface area contributed by atoms with Gasteiger partial charge in [-0.15, -0.1) is 0 Å². The van der Waals surface area contributed by atoms with E-state index < -0.39 is 0 Å². The monoisotopic (exact) mass is 410 g/mol. The second kappa shape index (κ2) is 9.27. The zero-order valence-electron chi connectivity index (χ0n) is 17.3. The summed E-state index contributed by atoms with van der Waals surface area (Å²) < 4.78 is 7.52. The molecule has 0 bridgehead atoms. The number of carbonyl (C=O) groups excluding carboxylic acids is 1. The van der Waals surface area contributed by atoms with Crippen LogP contribution < -0.4 is 10.3 Å². The maximum Gasteiger partial charge on any atom is 0.262 e. The maximum atomic E-state index is 13.1. The molecule has 0 aliphatic rings. The molecule has 0 aliphatic heterocycles. The van der Waals surface area contributed by atoms with E-state index in [0.29, 0.717) is 34.0 Å². The van der Waals surface area contributed by atoms with Gasteiger partial charge in [-0.1, -0.05) is 30.8 Å². The number of carbonyl (C=O) groups is 1. The van der Waals surface area contributed by atoms with Crippen LogP contribution in [0.2, 0.25) is 0 Å². The van der Waals surface area contributed by atoms with Crippen molar-refractivity contribution in [3.05, 3.63) is 63.9 Å². The quantitative estimate of drug-likeness (QED) is 0.288. The zero-order valence-corrected chi connectivity index (χ0v) is 18.1. The lowest BCUT2D eigenvalue weighted by Crippen LogP contribution is -2.26. The van der Waals surface area contributed by atoms with Crippen LogP contribution in [0.5, 0.6) is 5.75 Å². The summed E-state index contributed by atoms with van der Waals surface area (Å²) in [6.45, 7) is 8.12. The smallest absolute Gasteiger partial charge is 0.262 e. The summed E-state index contributed by atoms with van der Waals surface area (Å²) in [4.78, 5) is 29.7. The first-order valence-corrected chi connectivity index (χ1v) is 10.9. The molecule has 0 aliphatic carbocycles. The molecule has 29 heavy (non-hydrogen) atoms. The minimum absolute atomic E-state index is 0.0136. The minimum atomic E-state index is -0.0185. The summed E-state index contributed by atoms with van der Waals surface area (Å²) in [6, 6.07) is 13.0. The van der Waals surface area contributed by atoms with Gasteiger partial charge in [-0.05, 0) is 57.5 Å². The Labute approximate surface area is 175 Å². The second-order valence-electron chi connectivity index (χ2n) is 6.94. The molecular weight excluding hydrogens is 384 g/mol. The molecule has 1 atom stereocenters. The van der Waals surface area contributed by atoms with Gasteiger partial charge in [0.15, 0.2) is 10.9 Å². The van der Waals surface area contributed by atoms with Gasteiger partial charge in [0.2, 0.25) is 0 Å². The number of hydrogen-bond acceptors (Lipinski definition) is 5. The Balaban J connectivity index is 2.03. The molecule has 1 aromatic heterocycles. The molecule has 0 fully saturated rings. The lowest BCUT2D eigenvalue weighted by Gasteiger charge is -2.18. The molecule has 3 aromatic rings. The average Bonchev–Trinajstić information content (AvgIpc) is 2.72. The second-order valence-corrected chi connectivity index (χ2v) is 7.89. The van der Waals surface area contributed by atoms with Gasteiger partial charge in [0.05, 0.1) is 17.5 Å². The average molecular weight is 411 g/mol. The van der Waals surface area contributed by atoms with Crippen molar-refractivity contribution >= 4 is 28.4 Å². The highest BCUT2D eigenvalue weighted by Gasteiger charge is 2.17. The van der Waals surface area contributed by atoms with Crippen molar-refractivity contribution in [2.75, 3.05) is 6.61 Å². The number of Topliss-reactive ketones (excluding diaryl/α,β-unsaturated/α-hetero) is 1. The summed E-state index contributed by atoms with van der Waals surface area (Å²) in [7, 11) is 0. The molecule has 0 saturated carbocycles. The van der Waals surface area contributed by atoms with E-state index in [4.69, 9.17) is 9.72 Å². The van der Waals surface area contributed by atoms with Crippen LogP contribution in [-0.4, -0.2) is 21.9 Å². The van der Waals surface area contributed by atoms with E-state index >= 15 is 0 Å². The molecular formula is C23H26N2O3S. The molecule has 3 rings (SSSR count). The molecule has 0 N–H and O–H groups in total. The van der Waals surface area contributed by atoms with Crippen molar-refractivity contribution in [3.63, 3.8) is 0 Å². The van der Waals surface area contributed by atoms with Crippen LogP contribution in [0.25, 0.3) is 10.9 Å². The number of ketones is 1. The van der Waals surface area contributed by atoms with E-state index in [1.165, 1.54) is 11.8 Å². The molecule has 5 nitrogen and oxygen atoms in total. The summed E-state index contributed by atoms with van der Waals surface area (Å²) in [5.41, 5.74) is 2.24. The molecule has 0 unspecified atom stereocenters. The van der Waals surface area contributed by atoms with Crippen molar-refractivity contribution < 1.29 is 9.53 Å². The van der Waals surface area contributed by atoms with Gasteiger partial charge < -0.3 is 4.74 Å². The Hall–Kier alpha value is -2.60. The summed E-state index contributed by atoms with van der Waals surface area (Å²) >= 11 is 1.49. The largest absolute Gasteiger partial charge is 0.494 e. The number of hydrogen-bond donors (Lipinski definition) is 0. The predicted molar refractivity (Wildman–Crippen MR) is 118 cm³/mol. The van der Waals surface area contributed by atoms with Crippen molar-refractivity contribution in [3.8, 4) is 5.75 Å². The Morgan fingerprint density at radius 1 is 1.21 bits per heavy atom. The van der Waals surface area contributed by atoms with Crippen LogP contribution in [0.4, 0.5) is 0 Å². The SMILES string of the molecule is CCOc1ccc(C(C)=O)cc1CSc1nc2ccccc2c(=O)n1[C@@H](C)CC. The maximum absolute atomic E-state index is 13.1. The molecule has 0 radical (unpaired) electrons. The number of ether oxygens (including phenoxy) is 1. The predicted octanol–water partition coefficient (Wildman–Crippen LogP) is 5.26. The van der Waals surface area contributed by atoms with Gasteiger partial charge in [0.25, 0.3) is 5.56 Å². The Morgan fingerprint density at radius 2 is 1.97 bits per heavy atom. The molecule has 2 aromatic carbocycles. The van der Waals surface area contributed by atoms with E-state index in [2.05, 4.69) is 6.92 Å². The fraction of sp³-hybridized carbons (Fsp3) is 0.348. The van der Waals surface area contributed by atoms with Crippen LogP contribution >= 0.6 is 11.8 Å². The number of nitrogens with zero attached hydrogens (tertiary/aromatic N) is 2. The highest BCUT2D eigenvalue weighted by molar-refractivity contribution is 7.98. The summed E-state index contributed by atoms with van der Waals surface area (Å²) in [5.74, 6) is 1.32. The summed E-state index contributed by atoms with van der Waals surface area (Å²) in [5, 5.41) is 1.31. The lowest BCUT2D eigenvalue weighted by atomic mass is 10.1. The molecule has 6 heteroatoms. The van der Waals surface area contributed by atoms with E-state index in [1.54, 1.807) is 17.6 Å². The van der Waals surface area contributed by atoms with Crippen molar-refractivity contribution in [2.45, 2.75) is 51.1 Å². The van der Waals surface area contributed by atoms with Gasteiger partial charge in [0, 0.05) is 22.9 Å². The van der Waals surface area contributed by atoms with E-state index in [9.17, 15) is 9.59 Å². The highest BCUT2D eigenvalue weighted by Crippen LogP contribution is 2.30. The van der Waals surface area contributed by atoms with Crippen LogP contribution in [0.1, 0.15) is 56.1 Å².